The molecule has 1 heterocycles. The van der Waals surface area contributed by atoms with E-state index in [1.165, 1.54) is 89.9 Å². The molecule has 2 rings (SSSR count). The molecular weight excluding hydrogens is 723 g/mol. The second kappa shape index (κ2) is 46.6. The number of carbonyl (C=O) groups is 4. The van der Waals surface area contributed by atoms with Gasteiger partial charge in [-0.05, 0) is 70.8 Å². The van der Waals surface area contributed by atoms with Gasteiger partial charge in [-0.2, -0.15) is 0 Å². The van der Waals surface area contributed by atoms with Crippen LogP contribution in [0.5, 0.6) is 0 Å². The molecule has 0 bridgehead atoms. The minimum absolute atomic E-state index is 0.00463. The van der Waals surface area contributed by atoms with Gasteiger partial charge in [-0.25, -0.2) is 10.9 Å². The van der Waals surface area contributed by atoms with E-state index in [1.807, 2.05) is 34.7 Å². The van der Waals surface area contributed by atoms with E-state index in [0.29, 0.717) is 29.8 Å². The average molecular weight is 828 g/mol. The van der Waals surface area contributed by atoms with E-state index in [4.69, 9.17) is 4.74 Å². The summed E-state index contributed by atoms with van der Waals surface area (Å²) >= 11 is 0. The lowest BCUT2D eigenvalue weighted by Crippen LogP contribution is -2.31. The lowest BCUT2D eigenvalue weighted by Gasteiger charge is -2.18. The predicted molar refractivity (Wildman–Crippen MR) is 254 cm³/mol. The lowest BCUT2D eigenvalue weighted by molar-refractivity contribution is -0.134. The summed E-state index contributed by atoms with van der Waals surface area (Å²) in [5, 5.41) is 3.05. The number of hydrogen-bond acceptors (Lipinski definition) is 8. The van der Waals surface area contributed by atoms with Gasteiger partial charge in [0.05, 0.1) is 6.04 Å². The summed E-state index contributed by atoms with van der Waals surface area (Å²) in [6.07, 6.45) is 24.5. The summed E-state index contributed by atoms with van der Waals surface area (Å²) in [5.74, 6) is 2.93. The van der Waals surface area contributed by atoms with E-state index in [2.05, 4.69) is 85.4 Å². The molecule has 0 aromatic rings. The third-order valence-corrected chi connectivity index (χ3v) is 11.0. The van der Waals surface area contributed by atoms with Crippen LogP contribution in [0.15, 0.2) is 0 Å². The maximum atomic E-state index is 11.5. The molecule has 8 nitrogen and oxygen atoms in total. The third kappa shape index (κ3) is 38.7. The zero-order chi connectivity index (χ0) is 46.0. The zero-order valence-corrected chi connectivity index (χ0v) is 42.3. The first-order chi connectivity index (χ1) is 27.7. The molecule has 5 unspecified atom stereocenters. The second-order valence-electron chi connectivity index (χ2n) is 16.3. The molecule has 6 atom stereocenters. The molecule has 0 amide bonds. The highest BCUT2D eigenvalue weighted by Gasteiger charge is 2.46. The number of Topliss-reactive ketones (excluding diaryl/α,β-unsaturated/α-hetero) is 3. The van der Waals surface area contributed by atoms with Crippen LogP contribution in [-0.4, -0.2) is 49.7 Å². The quantitative estimate of drug-likeness (QED) is 0.0323. The standard InChI is InChI=1S/C14H28O.C12H25NO.C11H18O2.C6H14N2O.C3H8.2C2H6/c1-5-7-9-12(3)11-14(13(4)15)10-8-6-2;1-4-5-6-7-8-9-10-12(13-3)11(2)14;1-3-8(2)10(11(13)7-12)6-9-4-5-9;1-4-5(2)6(9-3)7-8-6;1-3-2;2*1-2/h12,14H,5-11H2,1-4H3;12-13H,4-10H2,1-3H3;7-10H,3-6H2,1-2H3;5,7-8H,4H2,1-3H3;3H2,1-2H3;2*1-2H3/t12-,14?;;;;;;/m1....../s1. The van der Waals surface area contributed by atoms with Crippen LogP contribution in [0, 0.1) is 35.5 Å². The Balaban J connectivity index is -0.000000206. The number of hydrogen-bond donors (Lipinski definition) is 3. The molecular formula is C50H105N3O5. The Hall–Kier alpha value is -1.48. The Labute approximate surface area is 363 Å². The summed E-state index contributed by atoms with van der Waals surface area (Å²) in [6.45, 7) is 33.0. The number of ketones is 3. The van der Waals surface area contributed by atoms with E-state index in [0.717, 1.165) is 50.4 Å². The largest absolute Gasteiger partial charge is 0.348 e. The molecule has 3 N–H and O–H groups in total. The average Bonchev–Trinajstić information content (AvgIpc) is 4.18. The number of aldehydes is 1. The second-order valence-corrected chi connectivity index (χ2v) is 16.3. The van der Waals surface area contributed by atoms with Crippen molar-refractivity contribution in [2.45, 2.75) is 251 Å². The van der Waals surface area contributed by atoms with E-state index in [-0.39, 0.29) is 29.4 Å². The normalized spacial score (nSPS) is 16.1. The first-order valence-corrected chi connectivity index (χ1v) is 24.4. The van der Waals surface area contributed by atoms with Gasteiger partial charge in [0.2, 0.25) is 5.85 Å². The number of methoxy groups -OCH3 is 1. The number of nitrogens with one attached hydrogen (secondary N) is 3. The molecule has 1 saturated carbocycles. The highest BCUT2D eigenvalue weighted by Crippen LogP contribution is 2.38. The summed E-state index contributed by atoms with van der Waals surface area (Å²) in [5.41, 5.74) is 5.95. The molecule has 0 aromatic heterocycles. The third-order valence-electron chi connectivity index (χ3n) is 11.0. The monoisotopic (exact) mass is 828 g/mol. The number of carbonyl (C=O) groups excluding carboxylic acids is 4. The van der Waals surface area contributed by atoms with Crippen LogP contribution in [0.2, 0.25) is 0 Å². The highest BCUT2D eigenvalue weighted by molar-refractivity contribution is 6.26. The van der Waals surface area contributed by atoms with E-state index in [9.17, 15) is 19.2 Å². The van der Waals surface area contributed by atoms with Crippen molar-refractivity contribution in [1.82, 2.24) is 16.2 Å². The molecule has 0 radical (unpaired) electrons. The van der Waals surface area contributed by atoms with Crippen LogP contribution < -0.4 is 16.2 Å². The number of hydrazine groups is 1. The van der Waals surface area contributed by atoms with Crippen LogP contribution in [0.25, 0.3) is 0 Å². The highest BCUT2D eigenvalue weighted by atomic mass is 16.6. The van der Waals surface area contributed by atoms with Gasteiger partial charge in [0.15, 0.2) is 12.1 Å². The molecule has 1 aliphatic carbocycles. The van der Waals surface area contributed by atoms with Crippen LogP contribution >= 0.6 is 0 Å². The fourth-order valence-electron chi connectivity index (χ4n) is 6.39. The smallest absolute Gasteiger partial charge is 0.202 e. The lowest BCUT2D eigenvalue weighted by atomic mass is 9.84. The van der Waals surface area contributed by atoms with Crippen molar-refractivity contribution in [3.8, 4) is 0 Å². The molecule has 0 spiro atoms. The van der Waals surface area contributed by atoms with Crippen molar-refractivity contribution in [2.75, 3.05) is 14.2 Å². The van der Waals surface area contributed by atoms with E-state index < -0.39 is 0 Å². The Kier molecular flexibility index (Phi) is 52.7. The van der Waals surface area contributed by atoms with Gasteiger partial charge >= 0.3 is 0 Å². The number of rotatable bonds is 27. The molecule has 1 saturated heterocycles. The van der Waals surface area contributed by atoms with Gasteiger partial charge in [-0.1, -0.05) is 193 Å². The minimum atomic E-state index is -0.200. The number of likely N-dealkylation sites (N-methyl/N-ethyl adjacent to an activating group) is 1. The van der Waals surface area contributed by atoms with Crippen molar-refractivity contribution >= 4 is 23.6 Å². The fraction of sp³-hybridized carbons (Fsp3) is 0.920. The molecule has 350 valence electrons. The van der Waals surface area contributed by atoms with Crippen molar-refractivity contribution in [3.63, 3.8) is 0 Å². The molecule has 2 aliphatic rings. The zero-order valence-electron chi connectivity index (χ0n) is 42.3. The Morgan fingerprint density at radius 2 is 1.21 bits per heavy atom. The first kappa shape index (κ1) is 65.6. The van der Waals surface area contributed by atoms with E-state index >= 15 is 0 Å². The van der Waals surface area contributed by atoms with Gasteiger partial charge in [-0.3, -0.25) is 19.2 Å². The van der Waals surface area contributed by atoms with Gasteiger partial charge in [0.25, 0.3) is 0 Å². The number of ether oxygens (including phenoxy) is 1. The number of unbranched alkanes of at least 4 members (excludes halogenated alkanes) is 7. The maximum Gasteiger partial charge on any atom is 0.202 e. The van der Waals surface area contributed by atoms with Crippen LogP contribution in [-0.2, 0) is 23.9 Å². The van der Waals surface area contributed by atoms with Crippen molar-refractivity contribution < 1.29 is 23.9 Å². The predicted octanol–water partition coefficient (Wildman–Crippen LogP) is 13.6. The fourth-order valence-corrected chi connectivity index (χ4v) is 6.39. The Morgan fingerprint density at radius 1 is 0.724 bits per heavy atom. The SMILES string of the molecule is CC.CC.CCC.CCC(C)C(CC1CC1)C(=O)C=O.CCC(C)C1(OC)NN1.CCCCC(C[C@H](C)CCCC)C(C)=O.CCCCCCCCC(NC)C(C)=O. The Morgan fingerprint density at radius 3 is 1.55 bits per heavy atom. The van der Waals surface area contributed by atoms with Gasteiger partial charge in [-0.15, -0.1) is 0 Å². The summed E-state index contributed by atoms with van der Waals surface area (Å²) < 4.78 is 5.18. The molecule has 58 heavy (non-hydrogen) atoms. The summed E-state index contributed by atoms with van der Waals surface area (Å²) in [6, 6.07) is 0.0844. The van der Waals surface area contributed by atoms with Crippen molar-refractivity contribution in [2.24, 2.45) is 35.5 Å². The van der Waals surface area contributed by atoms with Crippen LogP contribution in [0.3, 0.4) is 0 Å². The van der Waals surface area contributed by atoms with Gasteiger partial charge in [0.1, 0.15) is 11.6 Å². The summed E-state index contributed by atoms with van der Waals surface area (Å²) in [7, 11) is 3.57. The van der Waals surface area contributed by atoms with Crippen molar-refractivity contribution in [3.05, 3.63) is 0 Å². The molecule has 2 fully saturated rings. The van der Waals surface area contributed by atoms with Crippen molar-refractivity contribution in [1.29, 1.82) is 0 Å². The summed E-state index contributed by atoms with van der Waals surface area (Å²) in [4.78, 5) is 44.3. The van der Waals surface area contributed by atoms with Crippen LogP contribution in [0.1, 0.15) is 239 Å². The van der Waals surface area contributed by atoms with E-state index in [1.54, 1.807) is 21.0 Å². The minimum Gasteiger partial charge on any atom is -0.348 e. The Bertz CT molecular complexity index is 906. The molecule has 8 heteroatoms. The molecule has 0 aromatic carbocycles. The van der Waals surface area contributed by atoms with Gasteiger partial charge < -0.3 is 10.1 Å². The first-order valence-electron chi connectivity index (χ1n) is 24.4. The van der Waals surface area contributed by atoms with Crippen LogP contribution in [0.4, 0.5) is 0 Å². The van der Waals surface area contributed by atoms with Gasteiger partial charge in [0, 0.05) is 24.9 Å². The topological polar surface area (TPSA) is 133 Å². The maximum absolute atomic E-state index is 11.5. The molecule has 1 aliphatic heterocycles.